The summed E-state index contributed by atoms with van der Waals surface area (Å²) in [7, 11) is 0. The molecule has 3 rings (SSSR count). The minimum atomic E-state index is 0.561. The van der Waals surface area contributed by atoms with Crippen molar-refractivity contribution in [1.29, 1.82) is 0 Å². The Morgan fingerprint density at radius 1 is 1.00 bits per heavy atom. The van der Waals surface area contributed by atoms with E-state index in [0.29, 0.717) is 16.1 Å². The first kappa shape index (κ1) is 15.5. The highest BCUT2D eigenvalue weighted by Crippen LogP contribution is 2.38. The molecule has 1 saturated carbocycles. The van der Waals surface area contributed by atoms with E-state index in [-0.39, 0.29) is 0 Å². The third-order valence-electron chi connectivity index (χ3n) is 3.32. The fourth-order valence-electron chi connectivity index (χ4n) is 2.01. The van der Waals surface area contributed by atoms with Crippen molar-refractivity contribution in [2.24, 2.45) is 0 Å². The molecule has 1 N–H and O–H groups in total. The summed E-state index contributed by atoms with van der Waals surface area (Å²) < 4.78 is 0. The monoisotopic (exact) mass is 357 g/mol. The lowest BCUT2D eigenvalue weighted by Gasteiger charge is -2.12. The molecule has 1 aliphatic carbocycles. The molecule has 1 nitrogen and oxygen atoms in total. The molecule has 0 radical (unpaired) electrons. The predicted molar refractivity (Wildman–Crippen MR) is 91.9 cm³/mol. The minimum absolute atomic E-state index is 0.561. The fourth-order valence-corrected chi connectivity index (χ4v) is 3.66. The Balaban J connectivity index is 1.83. The van der Waals surface area contributed by atoms with E-state index in [1.807, 2.05) is 30.3 Å². The zero-order valence-corrected chi connectivity index (χ0v) is 14.3. The van der Waals surface area contributed by atoms with Gasteiger partial charge < -0.3 is 5.32 Å². The van der Waals surface area contributed by atoms with E-state index in [1.165, 1.54) is 18.4 Å². The molecule has 0 spiro atoms. The lowest BCUT2D eigenvalue weighted by Crippen LogP contribution is -2.15. The summed E-state index contributed by atoms with van der Waals surface area (Å²) >= 11 is 20.0. The second-order valence-corrected chi connectivity index (χ2v) is 7.37. The maximum absolute atomic E-state index is 6.37. The number of benzene rings is 2. The van der Waals surface area contributed by atoms with Crippen molar-refractivity contribution >= 4 is 46.6 Å². The van der Waals surface area contributed by atoms with Gasteiger partial charge in [0.1, 0.15) is 0 Å². The average Bonchev–Trinajstić information content (AvgIpc) is 3.28. The van der Waals surface area contributed by atoms with Crippen LogP contribution in [-0.2, 0) is 6.54 Å². The zero-order chi connectivity index (χ0) is 14.8. The van der Waals surface area contributed by atoms with Gasteiger partial charge in [-0.3, -0.25) is 0 Å². The number of halogens is 3. The third-order valence-corrected chi connectivity index (χ3v) is 5.66. The molecule has 0 heterocycles. The summed E-state index contributed by atoms with van der Waals surface area (Å²) in [5.41, 5.74) is 1.21. The van der Waals surface area contributed by atoms with Crippen molar-refractivity contribution in [3.63, 3.8) is 0 Å². The smallest absolute Gasteiger partial charge is 0.0603 e. The van der Waals surface area contributed by atoms with Crippen LogP contribution in [0.1, 0.15) is 18.4 Å². The minimum Gasteiger partial charge on any atom is -0.310 e. The normalized spacial score (nSPS) is 14.4. The van der Waals surface area contributed by atoms with Crippen LogP contribution < -0.4 is 5.32 Å². The van der Waals surface area contributed by atoms with Crippen molar-refractivity contribution in [2.75, 3.05) is 0 Å². The highest BCUT2D eigenvalue weighted by atomic mass is 35.5. The lowest BCUT2D eigenvalue weighted by atomic mass is 10.2. The Hall–Kier alpha value is -0.380. The van der Waals surface area contributed by atoms with Gasteiger partial charge in [-0.05, 0) is 42.7 Å². The van der Waals surface area contributed by atoms with Crippen molar-refractivity contribution in [1.82, 2.24) is 5.32 Å². The number of nitrogens with one attached hydrogen (secondary N) is 1. The van der Waals surface area contributed by atoms with Gasteiger partial charge in [-0.2, -0.15) is 0 Å². The van der Waals surface area contributed by atoms with E-state index in [9.17, 15) is 0 Å². The van der Waals surface area contributed by atoms with Gasteiger partial charge in [-0.25, -0.2) is 0 Å². The first-order chi connectivity index (χ1) is 10.1. The maximum atomic E-state index is 6.37. The SMILES string of the molecule is Clc1ccc(Sc2c(Cl)cccc2CNC2CC2)cc1Cl. The van der Waals surface area contributed by atoms with Crippen molar-refractivity contribution < 1.29 is 0 Å². The van der Waals surface area contributed by atoms with Crippen LogP contribution in [0.25, 0.3) is 0 Å². The van der Waals surface area contributed by atoms with Crippen LogP contribution in [0.5, 0.6) is 0 Å². The second kappa shape index (κ2) is 6.80. The summed E-state index contributed by atoms with van der Waals surface area (Å²) in [6.07, 6.45) is 2.55. The van der Waals surface area contributed by atoms with Crippen LogP contribution in [0.4, 0.5) is 0 Å². The molecule has 1 aliphatic rings. The molecule has 0 saturated heterocycles. The fraction of sp³-hybridized carbons (Fsp3) is 0.250. The lowest BCUT2D eigenvalue weighted by molar-refractivity contribution is 0.680. The van der Waals surface area contributed by atoms with E-state index in [2.05, 4.69) is 11.4 Å². The molecular formula is C16H14Cl3NS. The highest BCUT2D eigenvalue weighted by Gasteiger charge is 2.21. The molecule has 0 amide bonds. The predicted octanol–water partition coefficient (Wildman–Crippen LogP) is 6.05. The van der Waals surface area contributed by atoms with Gasteiger partial charge in [0.25, 0.3) is 0 Å². The average molecular weight is 359 g/mol. The molecule has 0 aliphatic heterocycles. The zero-order valence-electron chi connectivity index (χ0n) is 11.2. The topological polar surface area (TPSA) is 12.0 Å². The molecule has 0 bridgehead atoms. The number of hydrogen-bond donors (Lipinski definition) is 1. The molecule has 2 aromatic rings. The first-order valence-corrected chi connectivity index (χ1v) is 8.72. The van der Waals surface area contributed by atoms with Crippen LogP contribution in [0.15, 0.2) is 46.2 Å². The van der Waals surface area contributed by atoms with Gasteiger partial charge in [-0.1, -0.05) is 58.7 Å². The van der Waals surface area contributed by atoms with E-state index in [4.69, 9.17) is 34.8 Å². The third kappa shape index (κ3) is 4.08. The Morgan fingerprint density at radius 3 is 2.52 bits per heavy atom. The van der Waals surface area contributed by atoms with Crippen LogP contribution in [-0.4, -0.2) is 6.04 Å². The molecule has 0 atom stereocenters. The summed E-state index contributed by atoms with van der Waals surface area (Å²) in [4.78, 5) is 2.11. The van der Waals surface area contributed by atoms with Crippen LogP contribution in [0.3, 0.4) is 0 Å². The molecule has 0 unspecified atom stereocenters. The molecule has 110 valence electrons. The van der Waals surface area contributed by atoms with E-state index < -0.39 is 0 Å². The van der Waals surface area contributed by atoms with E-state index in [1.54, 1.807) is 11.8 Å². The molecule has 5 heteroatoms. The summed E-state index contributed by atoms with van der Waals surface area (Å²) in [5.74, 6) is 0. The van der Waals surface area contributed by atoms with Gasteiger partial charge >= 0.3 is 0 Å². The summed E-state index contributed by atoms with van der Waals surface area (Å²) in [5, 5.41) is 5.42. The quantitative estimate of drug-likeness (QED) is 0.698. The van der Waals surface area contributed by atoms with Gasteiger partial charge in [0.2, 0.25) is 0 Å². The number of hydrogen-bond acceptors (Lipinski definition) is 2. The molecule has 2 aromatic carbocycles. The largest absolute Gasteiger partial charge is 0.310 e. The Morgan fingerprint density at radius 2 is 1.81 bits per heavy atom. The van der Waals surface area contributed by atoms with E-state index in [0.717, 1.165) is 21.4 Å². The van der Waals surface area contributed by atoms with Crippen LogP contribution >= 0.6 is 46.6 Å². The number of rotatable bonds is 5. The van der Waals surface area contributed by atoms with Crippen molar-refractivity contribution in [3.8, 4) is 0 Å². The maximum Gasteiger partial charge on any atom is 0.0603 e. The standard InChI is InChI=1S/C16H14Cl3NS/c17-13-7-6-12(8-15(13)19)21-16-10(2-1-3-14(16)18)9-20-11-4-5-11/h1-3,6-8,11,20H,4-5,9H2. The Kier molecular flexibility index (Phi) is 5.03. The molecule has 0 aromatic heterocycles. The first-order valence-electron chi connectivity index (χ1n) is 6.77. The van der Waals surface area contributed by atoms with Crippen molar-refractivity contribution in [3.05, 3.63) is 57.0 Å². The molecule has 21 heavy (non-hydrogen) atoms. The van der Waals surface area contributed by atoms with Gasteiger partial charge in [0, 0.05) is 22.4 Å². The van der Waals surface area contributed by atoms with Crippen molar-refractivity contribution in [2.45, 2.75) is 35.2 Å². The van der Waals surface area contributed by atoms with Crippen LogP contribution in [0.2, 0.25) is 15.1 Å². The second-order valence-electron chi connectivity index (χ2n) is 5.06. The summed E-state index contributed by atoms with van der Waals surface area (Å²) in [6, 6.07) is 12.3. The van der Waals surface area contributed by atoms with Gasteiger partial charge in [0.05, 0.1) is 15.1 Å². The summed E-state index contributed by atoms with van der Waals surface area (Å²) in [6.45, 7) is 0.842. The molecule has 1 fully saturated rings. The Bertz CT molecular complexity index is 656. The highest BCUT2D eigenvalue weighted by molar-refractivity contribution is 7.99. The van der Waals surface area contributed by atoms with Crippen LogP contribution in [0, 0.1) is 0 Å². The van der Waals surface area contributed by atoms with E-state index >= 15 is 0 Å². The van der Waals surface area contributed by atoms with Gasteiger partial charge in [0.15, 0.2) is 0 Å². The molecular weight excluding hydrogens is 345 g/mol. The Labute approximate surface area is 144 Å². The van der Waals surface area contributed by atoms with Gasteiger partial charge in [-0.15, -0.1) is 0 Å².